The summed E-state index contributed by atoms with van der Waals surface area (Å²) in [5, 5.41) is 0. The van der Waals surface area contributed by atoms with Gasteiger partial charge in [0, 0.05) is 6.42 Å². The van der Waals surface area contributed by atoms with Crippen molar-refractivity contribution in [1.82, 2.24) is 0 Å². The van der Waals surface area contributed by atoms with Crippen molar-refractivity contribution in [3.63, 3.8) is 0 Å². The summed E-state index contributed by atoms with van der Waals surface area (Å²) in [6.07, 6.45) is 7.69. The predicted molar refractivity (Wildman–Crippen MR) is 46.0 cm³/mol. The van der Waals surface area contributed by atoms with Crippen molar-refractivity contribution in [2.75, 3.05) is 0 Å². The molecule has 0 bridgehead atoms. The molecule has 0 atom stereocenters. The third-order valence-corrected chi connectivity index (χ3v) is 2.56. The second-order valence-corrected chi connectivity index (χ2v) is 4.24. The smallest absolute Gasteiger partial charge is 0.198 e. The number of rotatable bonds is 5. The van der Waals surface area contributed by atoms with Crippen LogP contribution in [0.3, 0.4) is 0 Å². The number of hydrogen-bond donors (Lipinski definition) is 0. The lowest BCUT2D eigenvalue weighted by Gasteiger charge is -2.15. The van der Waals surface area contributed by atoms with E-state index < -0.39 is 0 Å². The van der Waals surface area contributed by atoms with Gasteiger partial charge in [-0.15, -0.1) is 0 Å². The Balaban J connectivity index is 2.23. The molecule has 1 heteroatoms. The fraction of sp³-hybridized carbons (Fsp3) is 0.900. The lowest BCUT2D eigenvalue weighted by atomic mass is 9.90. The first kappa shape index (κ1) is 8.76. The Bertz CT molecular complexity index is 134. The molecule has 1 fully saturated rings. The van der Waals surface area contributed by atoms with E-state index in [1.807, 2.05) is 6.29 Å². The van der Waals surface area contributed by atoms with Crippen molar-refractivity contribution in [3.05, 3.63) is 0 Å². The topological polar surface area (TPSA) is 17.1 Å². The predicted octanol–water partition coefficient (Wildman–Crippen LogP) is 2.70. The van der Waals surface area contributed by atoms with E-state index in [-0.39, 0.29) is 0 Å². The summed E-state index contributed by atoms with van der Waals surface area (Å²) in [6.45, 7) is 4.51. The highest BCUT2D eigenvalue weighted by molar-refractivity contribution is 5.50. The van der Waals surface area contributed by atoms with Gasteiger partial charge in [-0.1, -0.05) is 13.8 Å². The van der Waals surface area contributed by atoms with E-state index >= 15 is 0 Å². The Hall–Kier alpha value is -0.330. The van der Waals surface area contributed by atoms with Crippen LogP contribution in [0.5, 0.6) is 0 Å². The van der Waals surface area contributed by atoms with Gasteiger partial charge >= 0.3 is 0 Å². The summed E-state index contributed by atoms with van der Waals surface area (Å²) < 4.78 is 0. The number of hydrogen-bond acceptors (Lipinski definition) is 1. The zero-order valence-electron chi connectivity index (χ0n) is 7.52. The summed E-state index contributed by atoms with van der Waals surface area (Å²) in [5.74, 6) is 0.782. The van der Waals surface area contributed by atoms with Gasteiger partial charge in [-0.05, 0) is 37.0 Å². The normalized spacial score (nSPS) is 20.3. The van der Waals surface area contributed by atoms with Crippen LogP contribution in [-0.2, 0) is 4.79 Å². The van der Waals surface area contributed by atoms with E-state index in [1.54, 1.807) is 0 Å². The average molecular weight is 153 g/mol. The molecule has 1 rings (SSSR count). The Kier molecular flexibility index (Phi) is 2.69. The highest BCUT2D eigenvalue weighted by atomic mass is 16.1. The van der Waals surface area contributed by atoms with Crippen molar-refractivity contribution in [1.29, 1.82) is 0 Å². The number of carbonyl (C=O) groups excluding carboxylic acids is 1. The summed E-state index contributed by atoms with van der Waals surface area (Å²) in [5.41, 5.74) is 0.561. The van der Waals surface area contributed by atoms with E-state index in [4.69, 9.17) is 0 Å². The maximum absolute atomic E-state index is 10.0. The van der Waals surface area contributed by atoms with Gasteiger partial charge in [0.25, 0.3) is 0 Å². The highest BCUT2D eigenvalue weighted by Gasteiger charge is 2.41. The standard InChI is InChI=1S/C10H17O/c1-9(2)8-10(5-6-10)4-3-7-11/h9H,3-6,8H2,1-2H3. The van der Waals surface area contributed by atoms with Crippen LogP contribution in [0, 0.1) is 11.3 Å². The molecule has 0 N–H and O–H groups in total. The van der Waals surface area contributed by atoms with Gasteiger partial charge in [0.05, 0.1) is 0 Å². The lowest BCUT2D eigenvalue weighted by Crippen LogP contribution is -2.04. The first-order valence-corrected chi connectivity index (χ1v) is 4.53. The summed E-state index contributed by atoms with van der Waals surface area (Å²) >= 11 is 0. The molecule has 1 aliphatic rings. The first-order chi connectivity index (χ1) is 5.18. The minimum atomic E-state index is 0.561. The van der Waals surface area contributed by atoms with Crippen LogP contribution in [0.15, 0.2) is 0 Å². The van der Waals surface area contributed by atoms with E-state index in [1.165, 1.54) is 19.3 Å². The second-order valence-electron chi connectivity index (χ2n) is 4.24. The lowest BCUT2D eigenvalue weighted by molar-refractivity contribution is 0.367. The maximum atomic E-state index is 10.0. The molecule has 0 spiro atoms. The summed E-state index contributed by atoms with van der Waals surface area (Å²) in [7, 11) is 0. The molecule has 0 saturated heterocycles. The molecule has 0 heterocycles. The fourth-order valence-corrected chi connectivity index (χ4v) is 1.92. The van der Waals surface area contributed by atoms with Crippen LogP contribution in [0.25, 0.3) is 0 Å². The van der Waals surface area contributed by atoms with Crippen LogP contribution in [-0.4, -0.2) is 6.29 Å². The van der Waals surface area contributed by atoms with Crippen LogP contribution in [0.1, 0.15) is 46.0 Å². The molecule has 11 heavy (non-hydrogen) atoms. The molecular weight excluding hydrogens is 136 g/mol. The Labute approximate surface area is 69.2 Å². The minimum Gasteiger partial charge on any atom is -0.291 e. The van der Waals surface area contributed by atoms with Crippen molar-refractivity contribution in [3.8, 4) is 0 Å². The van der Waals surface area contributed by atoms with E-state index in [0.29, 0.717) is 11.8 Å². The molecule has 1 aliphatic carbocycles. The molecule has 0 unspecified atom stereocenters. The quantitative estimate of drug-likeness (QED) is 0.593. The third kappa shape index (κ3) is 2.64. The van der Waals surface area contributed by atoms with E-state index in [9.17, 15) is 4.79 Å². The molecule has 0 aromatic carbocycles. The monoisotopic (exact) mass is 153 g/mol. The molecule has 63 valence electrons. The molecule has 0 aliphatic heterocycles. The summed E-state index contributed by atoms with van der Waals surface area (Å²) in [4.78, 5) is 10.0. The molecule has 1 radical (unpaired) electrons. The van der Waals surface area contributed by atoms with Gasteiger partial charge < -0.3 is 0 Å². The van der Waals surface area contributed by atoms with Crippen molar-refractivity contribution in [2.24, 2.45) is 11.3 Å². The average Bonchev–Trinajstić information content (AvgIpc) is 2.64. The molecule has 0 amide bonds. The van der Waals surface area contributed by atoms with Crippen LogP contribution >= 0.6 is 0 Å². The maximum Gasteiger partial charge on any atom is 0.198 e. The molecule has 0 aromatic heterocycles. The first-order valence-electron chi connectivity index (χ1n) is 4.53. The third-order valence-electron chi connectivity index (χ3n) is 2.56. The van der Waals surface area contributed by atoms with Gasteiger partial charge in [-0.25, -0.2) is 0 Å². The Morgan fingerprint density at radius 1 is 1.45 bits per heavy atom. The SMILES string of the molecule is CC(C)CC1(CC[C]=O)CC1. The summed E-state index contributed by atoms with van der Waals surface area (Å²) in [6, 6.07) is 0. The highest BCUT2D eigenvalue weighted by Crippen LogP contribution is 2.53. The second kappa shape index (κ2) is 3.38. The van der Waals surface area contributed by atoms with Gasteiger partial charge in [-0.3, -0.25) is 4.79 Å². The van der Waals surface area contributed by atoms with Crippen molar-refractivity contribution >= 4 is 6.29 Å². The fourth-order valence-electron chi connectivity index (χ4n) is 1.92. The van der Waals surface area contributed by atoms with Gasteiger partial charge in [0.15, 0.2) is 6.29 Å². The van der Waals surface area contributed by atoms with E-state index in [0.717, 1.165) is 12.3 Å². The Morgan fingerprint density at radius 3 is 2.45 bits per heavy atom. The van der Waals surface area contributed by atoms with Crippen LogP contribution < -0.4 is 0 Å². The zero-order valence-corrected chi connectivity index (χ0v) is 7.52. The van der Waals surface area contributed by atoms with Crippen LogP contribution in [0.4, 0.5) is 0 Å². The molecule has 1 saturated carbocycles. The molecule has 1 nitrogen and oxygen atoms in total. The van der Waals surface area contributed by atoms with Gasteiger partial charge in [0.2, 0.25) is 0 Å². The van der Waals surface area contributed by atoms with Crippen LogP contribution in [0.2, 0.25) is 0 Å². The Morgan fingerprint density at radius 2 is 2.09 bits per heavy atom. The molecule has 0 aromatic rings. The van der Waals surface area contributed by atoms with Crippen molar-refractivity contribution in [2.45, 2.75) is 46.0 Å². The van der Waals surface area contributed by atoms with Crippen molar-refractivity contribution < 1.29 is 4.79 Å². The zero-order chi connectivity index (χ0) is 8.32. The minimum absolute atomic E-state index is 0.561. The van der Waals surface area contributed by atoms with Gasteiger partial charge in [-0.2, -0.15) is 0 Å². The van der Waals surface area contributed by atoms with Gasteiger partial charge in [0.1, 0.15) is 0 Å². The largest absolute Gasteiger partial charge is 0.291 e. The van der Waals surface area contributed by atoms with E-state index in [2.05, 4.69) is 13.8 Å². The molecular formula is C10H17O.